The Morgan fingerprint density at radius 2 is 2.00 bits per heavy atom. The summed E-state index contributed by atoms with van der Waals surface area (Å²) >= 11 is 0. The summed E-state index contributed by atoms with van der Waals surface area (Å²) in [5.74, 6) is 0.525. The summed E-state index contributed by atoms with van der Waals surface area (Å²) in [5, 5.41) is -0.227. The molecule has 76 valence electrons. The topological polar surface area (TPSA) is 34.1 Å². The van der Waals surface area contributed by atoms with Crippen molar-refractivity contribution < 1.29 is 12.8 Å². The van der Waals surface area contributed by atoms with Gasteiger partial charge in [-0.2, -0.15) is 0 Å². The summed E-state index contributed by atoms with van der Waals surface area (Å²) in [6.45, 7) is 1.93. The third-order valence-electron chi connectivity index (χ3n) is 3.46. The van der Waals surface area contributed by atoms with E-state index in [2.05, 4.69) is 0 Å². The van der Waals surface area contributed by atoms with E-state index in [1.165, 1.54) is 0 Å². The standard InChI is InChI=1S/C9H15FO2S/c1-6-5-13(11,12)9-3-2-7(10)4-8(6)9/h6-9H,2-5H2,1H3. The highest BCUT2D eigenvalue weighted by Crippen LogP contribution is 2.42. The van der Waals surface area contributed by atoms with Crippen molar-refractivity contribution in [2.24, 2.45) is 11.8 Å². The van der Waals surface area contributed by atoms with E-state index in [-0.39, 0.29) is 22.8 Å². The molecule has 0 spiro atoms. The van der Waals surface area contributed by atoms with Gasteiger partial charge >= 0.3 is 0 Å². The van der Waals surface area contributed by atoms with Crippen LogP contribution in [0.3, 0.4) is 0 Å². The summed E-state index contributed by atoms with van der Waals surface area (Å²) in [6, 6.07) is 0. The van der Waals surface area contributed by atoms with Crippen molar-refractivity contribution in [2.75, 3.05) is 5.75 Å². The first kappa shape index (κ1) is 9.44. The van der Waals surface area contributed by atoms with Crippen LogP contribution in [-0.2, 0) is 9.84 Å². The van der Waals surface area contributed by atoms with E-state index < -0.39 is 16.0 Å². The second-order valence-electron chi connectivity index (χ2n) is 4.42. The zero-order valence-corrected chi connectivity index (χ0v) is 8.56. The molecule has 0 aromatic carbocycles. The van der Waals surface area contributed by atoms with Crippen molar-refractivity contribution in [3.05, 3.63) is 0 Å². The molecule has 0 aromatic rings. The third-order valence-corrected chi connectivity index (χ3v) is 5.96. The predicted octanol–water partition coefficient (Wildman–Crippen LogP) is 1.56. The van der Waals surface area contributed by atoms with Gasteiger partial charge in [-0.1, -0.05) is 6.92 Å². The maximum absolute atomic E-state index is 13.1. The van der Waals surface area contributed by atoms with Crippen LogP contribution in [0.5, 0.6) is 0 Å². The number of hydrogen-bond donors (Lipinski definition) is 0. The minimum absolute atomic E-state index is 0.0914. The van der Waals surface area contributed by atoms with Crippen LogP contribution in [0.4, 0.5) is 4.39 Å². The molecule has 4 unspecified atom stereocenters. The normalized spacial score (nSPS) is 48.8. The van der Waals surface area contributed by atoms with Crippen LogP contribution in [0.15, 0.2) is 0 Å². The maximum Gasteiger partial charge on any atom is 0.153 e. The predicted molar refractivity (Wildman–Crippen MR) is 49.0 cm³/mol. The fourth-order valence-corrected chi connectivity index (χ4v) is 5.42. The molecule has 2 rings (SSSR count). The molecule has 0 radical (unpaired) electrons. The van der Waals surface area contributed by atoms with E-state index in [4.69, 9.17) is 0 Å². The molecule has 4 atom stereocenters. The van der Waals surface area contributed by atoms with Gasteiger partial charge in [-0.25, -0.2) is 12.8 Å². The van der Waals surface area contributed by atoms with Crippen LogP contribution in [0.2, 0.25) is 0 Å². The first-order valence-corrected chi connectivity index (χ1v) is 6.58. The molecule has 0 N–H and O–H groups in total. The Bertz CT molecular complexity index is 299. The van der Waals surface area contributed by atoms with Gasteiger partial charge in [0, 0.05) is 0 Å². The Kier molecular flexibility index (Phi) is 2.13. The summed E-state index contributed by atoms with van der Waals surface area (Å²) in [7, 11) is -2.89. The van der Waals surface area contributed by atoms with Crippen LogP contribution in [0.1, 0.15) is 26.2 Å². The first-order chi connectivity index (χ1) is 6.00. The second-order valence-corrected chi connectivity index (χ2v) is 6.68. The smallest absolute Gasteiger partial charge is 0.153 e. The van der Waals surface area contributed by atoms with E-state index in [0.717, 1.165) is 0 Å². The molecule has 1 saturated carbocycles. The fraction of sp³-hybridized carbons (Fsp3) is 1.00. The second kappa shape index (κ2) is 2.94. The maximum atomic E-state index is 13.1. The lowest BCUT2D eigenvalue weighted by Gasteiger charge is -2.28. The zero-order valence-electron chi connectivity index (χ0n) is 7.74. The van der Waals surface area contributed by atoms with E-state index >= 15 is 0 Å². The van der Waals surface area contributed by atoms with Gasteiger partial charge in [-0.05, 0) is 31.1 Å². The number of rotatable bonds is 0. The molecule has 1 aliphatic carbocycles. The van der Waals surface area contributed by atoms with Crippen molar-refractivity contribution >= 4 is 9.84 Å². The number of sulfone groups is 1. The lowest BCUT2D eigenvalue weighted by atomic mass is 9.81. The van der Waals surface area contributed by atoms with Crippen LogP contribution in [0, 0.1) is 11.8 Å². The Morgan fingerprint density at radius 3 is 2.69 bits per heavy atom. The quantitative estimate of drug-likeness (QED) is 0.602. The molecular weight excluding hydrogens is 191 g/mol. The van der Waals surface area contributed by atoms with Gasteiger partial charge in [-0.15, -0.1) is 0 Å². The number of halogens is 1. The lowest BCUT2D eigenvalue weighted by molar-refractivity contribution is 0.181. The molecule has 0 amide bonds. The minimum Gasteiger partial charge on any atom is -0.247 e. The molecule has 0 bridgehead atoms. The highest BCUT2D eigenvalue weighted by molar-refractivity contribution is 7.92. The minimum atomic E-state index is -2.89. The molecule has 2 aliphatic rings. The average molecular weight is 206 g/mol. The molecule has 1 heterocycles. The van der Waals surface area contributed by atoms with Crippen LogP contribution < -0.4 is 0 Å². The molecule has 2 nitrogen and oxygen atoms in total. The highest BCUT2D eigenvalue weighted by atomic mass is 32.2. The lowest BCUT2D eigenvalue weighted by Crippen LogP contribution is -2.31. The summed E-state index contributed by atoms with van der Waals surface area (Å²) < 4.78 is 36.2. The summed E-state index contributed by atoms with van der Waals surface area (Å²) in [6.07, 6.45) is 0.674. The molecule has 2 fully saturated rings. The van der Waals surface area contributed by atoms with Crippen LogP contribution in [0.25, 0.3) is 0 Å². The molecule has 0 aromatic heterocycles. The largest absolute Gasteiger partial charge is 0.247 e. The van der Waals surface area contributed by atoms with Gasteiger partial charge in [0.25, 0.3) is 0 Å². The van der Waals surface area contributed by atoms with Gasteiger partial charge in [0.1, 0.15) is 6.17 Å². The third kappa shape index (κ3) is 1.49. The Morgan fingerprint density at radius 1 is 1.31 bits per heavy atom. The number of alkyl halides is 1. The Balaban J connectivity index is 2.25. The van der Waals surface area contributed by atoms with E-state index in [1.807, 2.05) is 6.92 Å². The molecule has 1 saturated heterocycles. The van der Waals surface area contributed by atoms with Crippen molar-refractivity contribution in [3.63, 3.8) is 0 Å². The Labute approximate surface area is 78.4 Å². The molecule has 13 heavy (non-hydrogen) atoms. The zero-order chi connectivity index (χ0) is 9.64. The van der Waals surface area contributed by atoms with Crippen molar-refractivity contribution in [1.82, 2.24) is 0 Å². The van der Waals surface area contributed by atoms with E-state index in [0.29, 0.717) is 19.3 Å². The average Bonchev–Trinajstić information content (AvgIpc) is 2.22. The summed E-state index contributed by atoms with van der Waals surface area (Å²) in [4.78, 5) is 0. The summed E-state index contributed by atoms with van der Waals surface area (Å²) in [5.41, 5.74) is 0. The van der Waals surface area contributed by atoms with Gasteiger partial charge in [-0.3, -0.25) is 0 Å². The van der Waals surface area contributed by atoms with Crippen molar-refractivity contribution in [3.8, 4) is 0 Å². The monoisotopic (exact) mass is 206 g/mol. The molecule has 1 aliphatic heterocycles. The first-order valence-electron chi connectivity index (χ1n) is 4.86. The van der Waals surface area contributed by atoms with Gasteiger partial charge in [0.2, 0.25) is 0 Å². The van der Waals surface area contributed by atoms with E-state index in [1.54, 1.807) is 0 Å². The van der Waals surface area contributed by atoms with Gasteiger partial charge in [0.15, 0.2) is 9.84 Å². The number of fused-ring (bicyclic) bond motifs is 1. The van der Waals surface area contributed by atoms with Gasteiger partial charge < -0.3 is 0 Å². The SMILES string of the molecule is CC1CS(=O)(=O)C2CCC(F)CC12. The van der Waals surface area contributed by atoms with Crippen LogP contribution in [-0.4, -0.2) is 25.6 Å². The number of hydrogen-bond acceptors (Lipinski definition) is 2. The Hall–Kier alpha value is -0.120. The van der Waals surface area contributed by atoms with Gasteiger partial charge in [0.05, 0.1) is 11.0 Å². The fourth-order valence-electron chi connectivity index (χ4n) is 2.78. The van der Waals surface area contributed by atoms with E-state index in [9.17, 15) is 12.8 Å². The van der Waals surface area contributed by atoms with Crippen molar-refractivity contribution in [2.45, 2.75) is 37.6 Å². The van der Waals surface area contributed by atoms with Crippen molar-refractivity contribution in [1.29, 1.82) is 0 Å². The highest BCUT2D eigenvalue weighted by Gasteiger charge is 2.47. The molecular formula is C9H15FO2S. The van der Waals surface area contributed by atoms with Crippen LogP contribution >= 0.6 is 0 Å². The molecule has 4 heteroatoms.